The molecule has 15 nitrogen and oxygen atoms in total. The molecular formula is C42H65N5O10. The highest BCUT2D eigenvalue weighted by molar-refractivity contribution is 5.90. The van der Waals surface area contributed by atoms with E-state index in [1.807, 2.05) is 13.0 Å². The van der Waals surface area contributed by atoms with Gasteiger partial charge in [-0.3, -0.25) is 9.59 Å². The first-order valence-electron chi connectivity index (χ1n) is 20.6. The maximum absolute atomic E-state index is 13.5. The normalized spacial score (nSPS) is 25.8. The zero-order chi connectivity index (χ0) is 41.9. The Balaban J connectivity index is 1.20. The number of nitrogens with one attached hydrogen (secondary N) is 4. The average molecular weight is 800 g/mol. The van der Waals surface area contributed by atoms with Crippen molar-refractivity contribution in [3.8, 4) is 11.5 Å². The highest BCUT2D eigenvalue weighted by Crippen LogP contribution is 2.63. The number of unbranched alkanes of at least 4 members (excludes halogenated alkanes) is 1. The number of fused-ring (bicyclic) bond motifs is 1. The Morgan fingerprint density at radius 1 is 0.965 bits per heavy atom. The fourth-order valence-corrected chi connectivity index (χ4v) is 8.64. The molecule has 0 bridgehead atoms. The number of nitrogens with zero attached hydrogens (tertiary/aromatic N) is 1. The number of carbonyl (C=O) groups excluding carboxylic acids is 5. The van der Waals surface area contributed by atoms with Gasteiger partial charge in [0.1, 0.15) is 17.2 Å². The summed E-state index contributed by atoms with van der Waals surface area (Å²) in [5, 5.41) is 24.5. The van der Waals surface area contributed by atoms with Crippen molar-refractivity contribution in [2.75, 3.05) is 33.2 Å². The van der Waals surface area contributed by atoms with Crippen LogP contribution in [0.5, 0.6) is 11.5 Å². The van der Waals surface area contributed by atoms with Gasteiger partial charge in [0.25, 0.3) is 0 Å². The van der Waals surface area contributed by atoms with E-state index in [-0.39, 0.29) is 49.4 Å². The molecule has 3 fully saturated rings. The number of aliphatic hydroxyl groups is 1. The highest BCUT2D eigenvalue weighted by atomic mass is 16.6. The lowest BCUT2D eigenvalue weighted by Gasteiger charge is -2.58. The number of amides is 4. The predicted molar refractivity (Wildman–Crippen MR) is 212 cm³/mol. The lowest BCUT2D eigenvalue weighted by molar-refractivity contribution is -0.175. The Morgan fingerprint density at radius 2 is 1.65 bits per heavy atom. The molecule has 0 radical (unpaired) electrons. The van der Waals surface area contributed by atoms with Crippen LogP contribution >= 0.6 is 0 Å². The minimum Gasteiger partial charge on any atom is -0.477 e. The van der Waals surface area contributed by atoms with Crippen molar-refractivity contribution in [3.05, 3.63) is 23.3 Å². The van der Waals surface area contributed by atoms with Crippen LogP contribution in [0.2, 0.25) is 0 Å². The van der Waals surface area contributed by atoms with E-state index in [9.17, 15) is 29.1 Å². The van der Waals surface area contributed by atoms with Gasteiger partial charge in [-0.25, -0.2) is 14.4 Å². The molecule has 3 aliphatic carbocycles. The first-order chi connectivity index (χ1) is 26.6. The van der Waals surface area contributed by atoms with Crippen LogP contribution in [0.25, 0.3) is 0 Å². The summed E-state index contributed by atoms with van der Waals surface area (Å²) in [4.78, 5) is 66.2. The molecule has 4 aliphatic rings. The summed E-state index contributed by atoms with van der Waals surface area (Å²) in [5.41, 5.74) is -1.96. The van der Waals surface area contributed by atoms with Crippen molar-refractivity contribution in [1.82, 2.24) is 26.2 Å². The SMILES string of the molecule is Cc1ccc(OC(=O)N(C)CCNC(=O)C(CCCCNC(=O)OC(C)(C)C)NC(=O)OC(C)(C)C)c2c1[C@]13CC[C@@H](NCC4CC4)[C@H](C)[C@]1(O)CCC(=O)[C@@H]3O2. The van der Waals surface area contributed by atoms with Gasteiger partial charge in [0.05, 0.1) is 11.0 Å². The van der Waals surface area contributed by atoms with Crippen molar-refractivity contribution < 1.29 is 48.0 Å². The summed E-state index contributed by atoms with van der Waals surface area (Å²) in [6, 6.07) is 2.68. The molecule has 0 saturated heterocycles. The van der Waals surface area contributed by atoms with Crippen molar-refractivity contribution in [2.24, 2.45) is 11.8 Å². The second-order valence-electron chi connectivity index (χ2n) is 18.4. The molecule has 15 heteroatoms. The van der Waals surface area contributed by atoms with Gasteiger partial charge in [0.15, 0.2) is 23.4 Å². The minimum absolute atomic E-state index is 0.0557. The summed E-state index contributed by atoms with van der Waals surface area (Å²) >= 11 is 0. The van der Waals surface area contributed by atoms with Crippen LogP contribution in [0.3, 0.4) is 0 Å². The first-order valence-corrected chi connectivity index (χ1v) is 20.6. The third-order valence-corrected chi connectivity index (χ3v) is 11.7. The van der Waals surface area contributed by atoms with E-state index in [4.69, 9.17) is 18.9 Å². The van der Waals surface area contributed by atoms with E-state index in [0.717, 1.165) is 24.1 Å². The Kier molecular flexibility index (Phi) is 13.4. The number of aryl methyl sites for hydroxylation is 1. The average Bonchev–Trinajstić information content (AvgIpc) is 3.86. The molecule has 6 atom stereocenters. The van der Waals surface area contributed by atoms with Crippen molar-refractivity contribution in [3.63, 3.8) is 0 Å². The third-order valence-electron chi connectivity index (χ3n) is 11.7. The van der Waals surface area contributed by atoms with E-state index in [1.165, 1.54) is 24.8 Å². The van der Waals surface area contributed by atoms with Gasteiger partial charge in [-0.1, -0.05) is 13.0 Å². The van der Waals surface area contributed by atoms with Gasteiger partial charge >= 0.3 is 18.3 Å². The molecule has 5 N–H and O–H groups in total. The van der Waals surface area contributed by atoms with Gasteiger partial charge in [-0.15, -0.1) is 0 Å². The Morgan fingerprint density at radius 3 is 2.32 bits per heavy atom. The molecular weight excluding hydrogens is 734 g/mol. The van der Waals surface area contributed by atoms with Crippen molar-refractivity contribution in [2.45, 2.75) is 154 Å². The minimum atomic E-state index is -1.20. The van der Waals surface area contributed by atoms with Crippen LogP contribution in [0.15, 0.2) is 12.1 Å². The molecule has 1 aromatic rings. The number of ketones is 1. The smallest absolute Gasteiger partial charge is 0.415 e. The topological polar surface area (TPSA) is 194 Å². The number of likely N-dealkylation sites (N-methyl/N-ethyl adjacent to an activating group) is 1. The number of benzene rings is 1. The number of hydrogen-bond acceptors (Lipinski definition) is 11. The summed E-state index contributed by atoms with van der Waals surface area (Å²) in [6.07, 6.45) is 2.80. The van der Waals surface area contributed by atoms with Crippen LogP contribution in [0.4, 0.5) is 14.4 Å². The number of rotatable bonds is 14. The largest absolute Gasteiger partial charge is 0.477 e. The fourth-order valence-electron chi connectivity index (χ4n) is 8.64. The molecule has 3 saturated carbocycles. The highest BCUT2D eigenvalue weighted by Gasteiger charge is 2.70. The monoisotopic (exact) mass is 799 g/mol. The van der Waals surface area contributed by atoms with E-state index >= 15 is 0 Å². The van der Waals surface area contributed by atoms with Crippen LogP contribution in [-0.2, 0) is 24.5 Å². The summed E-state index contributed by atoms with van der Waals surface area (Å²) in [6.45, 7) is 15.9. The lowest BCUT2D eigenvalue weighted by Crippen LogP contribution is -2.71. The molecule has 1 spiro atoms. The van der Waals surface area contributed by atoms with Crippen LogP contribution in [-0.4, -0.2) is 108 Å². The maximum Gasteiger partial charge on any atom is 0.415 e. The molecule has 57 heavy (non-hydrogen) atoms. The van der Waals surface area contributed by atoms with Crippen LogP contribution < -0.4 is 30.7 Å². The molecule has 1 unspecified atom stereocenters. The first kappa shape index (κ1) is 44.0. The number of hydrogen-bond donors (Lipinski definition) is 5. The van der Waals surface area contributed by atoms with E-state index in [2.05, 4.69) is 28.2 Å². The lowest BCUT2D eigenvalue weighted by atomic mass is 9.48. The number of carbonyl (C=O) groups is 5. The predicted octanol–water partition coefficient (Wildman–Crippen LogP) is 5.02. The third kappa shape index (κ3) is 10.3. The second-order valence-corrected chi connectivity index (χ2v) is 18.4. The Hall–Kier alpha value is -4.11. The second kappa shape index (κ2) is 17.4. The molecule has 318 valence electrons. The Labute approximate surface area is 337 Å². The fraction of sp³-hybridized carbons (Fsp3) is 0.738. The molecule has 1 aromatic carbocycles. The number of alkyl carbamates (subject to hydrolysis) is 2. The van der Waals surface area contributed by atoms with Gasteiger partial charge in [-0.05, 0) is 124 Å². The van der Waals surface area contributed by atoms with Crippen molar-refractivity contribution >= 4 is 30.0 Å². The summed E-state index contributed by atoms with van der Waals surface area (Å²) in [5.74, 6) is 0.523. The molecule has 5 rings (SSSR count). The molecule has 4 amide bonds. The molecule has 1 heterocycles. The standard InChI is InChI=1S/C42H65N5O10/c1-25-13-16-31(33-32(25)41-19-17-28(45-24-27-14-15-27)26(2)42(41,53)20-18-30(48)34(41)55-33)54-38(52)47(9)23-22-43-35(49)29(46-37(51)57-40(6,7)8)12-10-11-21-44-36(50)56-39(3,4)5/h13,16,26-29,34,45,53H,10-12,14-15,17-24H2,1-9H3,(H,43,49)(H,44,50)(H,46,51)/t26-,28+,29?,34-,41-,42+/m0/s1. The maximum atomic E-state index is 13.5. The zero-order valence-electron chi connectivity index (χ0n) is 35.3. The summed E-state index contributed by atoms with van der Waals surface area (Å²) in [7, 11) is 1.54. The van der Waals surface area contributed by atoms with Gasteiger partial charge in [0, 0.05) is 50.6 Å². The van der Waals surface area contributed by atoms with Gasteiger partial charge in [-0.2, -0.15) is 0 Å². The number of Topliss-reactive ketones (excluding diaryl/α,β-unsaturated/α-hetero) is 1. The van der Waals surface area contributed by atoms with E-state index in [0.29, 0.717) is 43.9 Å². The Bertz CT molecular complexity index is 1670. The molecule has 1 aliphatic heterocycles. The number of ether oxygens (including phenoxy) is 4. The van der Waals surface area contributed by atoms with Crippen LogP contribution in [0, 0.1) is 18.8 Å². The quantitative estimate of drug-likeness (QED) is 0.159. The molecule has 0 aromatic heterocycles. The van der Waals surface area contributed by atoms with E-state index < -0.39 is 58.6 Å². The van der Waals surface area contributed by atoms with E-state index in [1.54, 1.807) is 47.6 Å². The van der Waals surface area contributed by atoms with Crippen LogP contribution in [0.1, 0.15) is 117 Å². The summed E-state index contributed by atoms with van der Waals surface area (Å²) < 4.78 is 23.0. The van der Waals surface area contributed by atoms with Crippen molar-refractivity contribution in [1.29, 1.82) is 0 Å². The van der Waals surface area contributed by atoms with Gasteiger partial charge in [0.2, 0.25) is 5.91 Å². The van der Waals surface area contributed by atoms with Gasteiger partial charge < -0.3 is 50.2 Å². The zero-order valence-corrected chi connectivity index (χ0v) is 35.3.